The van der Waals surface area contributed by atoms with Crippen LogP contribution in [0.25, 0.3) is 0 Å². The Morgan fingerprint density at radius 2 is 2.31 bits per heavy atom. The molecule has 0 aliphatic heterocycles. The van der Waals surface area contributed by atoms with Gasteiger partial charge in [0.15, 0.2) is 0 Å². The minimum absolute atomic E-state index is 0.192. The SMILES string of the molecule is C=C(Br)COc1ccc(Cl)cc1C(C)NC. The Labute approximate surface area is 110 Å². The summed E-state index contributed by atoms with van der Waals surface area (Å²) in [4.78, 5) is 0. The fourth-order valence-electron chi connectivity index (χ4n) is 1.30. The van der Waals surface area contributed by atoms with Gasteiger partial charge in [-0.2, -0.15) is 0 Å². The summed E-state index contributed by atoms with van der Waals surface area (Å²) in [6.07, 6.45) is 0. The molecule has 1 rings (SSSR count). The van der Waals surface area contributed by atoms with Gasteiger partial charge in [0.2, 0.25) is 0 Å². The lowest BCUT2D eigenvalue weighted by Crippen LogP contribution is -2.14. The van der Waals surface area contributed by atoms with Gasteiger partial charge in [0.25, 0.3) is 0 Å². The Bertz CT molecular complexity index is 381. The number of benzene rings is 1. The molecule has 0 bridgehead atoms. The second-order valence-electron chi connectivity index (χ2n) is 3.50. The second kappa shape index (κ2) is 6.28. The van der Waals surface area contributed by atoms with Crippen molar-refractivity contribution in [2.45, 2.75) is 13.0 Å². The topological polar surface area (TPSA) is 21.3 Å². The van der Waals surface area contributed by atoms with Crippen molar-refractivity contribution in [2.24, 2.45) is 0 Å². The van der Waals surface area contributed by atoms with E-state index in [9.17, 15) is 0 Å². The molecule has 0 fully saturated rings. The molecule has 0 aliphatic carbocycles. The smallest absolute Gasteiger partial charge is 0.124 e. The molecule has 0 amide bonds. The van der Waals surface area contributed by atoms with Crippen molar-refractivity contribution in [3.63, 3.8) is 0 Å². The second-order valence-corrected chi connectivity index (χ2v) is 5.06. The van der Waals surface area contributed by atoms with Crippen LogP contribution < -0.4 is 10.1 Å². The van der Waals surface area contributed by atoms with E-state index in [1.807, 2.05) is 25.2 Å². The molecule has 0 aromatic heterocycles. The normalized spacial score (nSPS) is 12.2. The quantitative estimate of drug-likeness (QED) is 0.890. The molecule has 4 heteroatoms. The van der Waals surface area contributed by atoms with Gasteiger partial charge in [-0.05, 0) is 32.2 Å². The van der Waals surface area contributed by atoms with E-state index >= 15 is 0 Å². The summed E-state index contributed by atoms with van der Waals surface area (Å²) in [7, 11) is 1.90. The van der Waals surface area contributed by atoms with Gasteiger partial charge in [0.1, 0.15) is 12.4 Å². The molecule has 0 saturated heterocycles. The summed E-state index contributed by atoms with van der Waals surface area (Å²) >= 11 is 9.23. The van der Waals surface area contributed by atoms with Crippen molar-refractivity contribution in [3.8, 4) is 5.75 Å². The third-order valence-corrected chi connectivity index (χ3v) is 2.72. The van der Waals surface area contributed by atoms with Crippen LogP contribution in [0.5, 0.6) is 5.75 Å². The number of hydrogen-bond donors (Lipinski definition) is 1. The van der Waals surface area contributed by atoms with Crippen LogP contribution in [0.2, 0.25) is 5.02 Å². The summed E-state index contributed by atoms with van der Waals surface area (Å²) in [6.45, 7) is 6.24. The highest BCUT2D eigenvalue weighted by Crippen LogP contribution is 2.28. The van der Waals surface area contributed by atoms with Gasteiger partial charge >= 0.3 is 0 Å². The summed E-state index contributed by atoms with van der Waals surface area (Å²) < 4.78 is 6.44. The van der Waals surface area contributed by atoms with Crippen LogP contribution in [0, 0.1) is 0 Å². The van der Waals surface area contributed by atoms with E-state index in [0.29, 0.717) is 11.6 Å². The minimum Gasteiger partial charge on any atom is -0.488 e. The third kappa shape index (κ3) is 3.81. The van der Waals surface area contributed by atoms with E-state index < -0.39 is 0 Å². The predicted molar refractivity (Wildman–Crippen MR) is 72.5 cm³/mol. The lowest BCUT2D eigenvalue weighted by molar-refractivity contribution is 0.353. The van der Waals surface area contributed by atoms with Crippen LogP contribution in [0.3, 0.4) is 0 Å². The molecule has 0 heterocycles. The van der Waals surface area contributed by atoms with Gasteiger partial charge in [0, 0.05) is 21.1 Å². The molecule has 1 N–H and O–H groups in total. The van der Waals surface area contributed by atoms with Gasteiger partial charge in [-0.25, -0.2) is 0 Å². The number of nitrogens with one attached hydrogen (secondary N) is 1. The zero-order valence-electron chi connectivity index (χ0n) is 9.39. The van der Waals surface area contributed by atoms with Gasteiger partial charge in [-0.1, -0.05) is 34.1 Å². The molecule has 2 nitrogen and oxygen atoms in total. The third-order valence-electron chi connectivity index (χ3n) is 2.26. The molecule has 1 atom stereocenters. The van der Waals surface area contributed by atoms with Crippen LogP contribution in [-0.4, -0.2) is 13.7 Å². The standard InChI is InChI=1S/C12H15BrClNO/c1-8(13)7-16-12-5-4-10(14)6-11(12)9(2)15-3/h4-6,9,15H,1,7H2,2-3H3. The van der Waals surface area contributed by atoms with E-state index in [2.05, 4.69) is 34.7 Å². The van der Waals surface area contributed by atoms with E-state index in [4.69, 9.17) is 16.3 Å². The van der Waals surface area contributed by atoms with E-state index in [0.717, 1.165) is 15.8 Å². The minimum atomic E-state index is 0.192. The highest BCUT2D eigenvalue weighted by molar-refractivity contribution is 9.11. The summed E-state index contributed by atoms with van der Waals surface area (Å²) in [6, 6.07) is 5.80. The van der Waals surface area contributed by atoms with Crippen LogP contribution in [-0.2, 0) is 0 Å². The molecule has 0 saturated carbocycles. The average Bonchev–Trinajstić information content (AvgIpc) is 2.26. The van der Waals surface area contributed by atoms with Crippen LogP contribution in [0.4, 0.5) is 0 Å². The van der Waals surface area contributed by atoms with Gasteiger partial charge in [-0.15, -0.1) is 0 Å². The van der Waals surface area contributed by atoms with Crippen molar-refractivity contribution < 1.29 is 4.74 Å². The number of rotatable bonds is 5. The summed E-state index contributed by atoms with van der Waals surface area (Å²) in [5, 5.41) is 3.87. The van der Waals surface area contributed by atoms with E-state index in [-0.39, 0.29) is 6.04 Å². The fraction of sp³-hybridized carbons (Fsp3) is 0.333. The first-order chi connectivity index (χ1) is 7.54. The van der Waals surface area contributed by atoms with Gasteiger partial charge in [-0.3, -0.25) is 0 Å². The zero-order chi connectivity index (χ0) is 12.1. The number of halogens is 2. The molecular formula is C12H15BrClNO. The molecule has 0 spiro atoms. The molecule has 1 aromatic carbocycles. The van der Waals surface area contributed by atoms with Gasteiger partial charge < -0.3 is 10.1 Å². The predicted octanol–water partition coefficient (Wildman–Crippen LogP) is 3.91. The van der Waals surface area contributed by atoms with E-state index in [1.54, 1.807) is 0 Å². The van der Waals surface area contributed by atoms with Crippen LogP contribution in [0.15, 0.2) is 29.3 Å². The lowest BCUT2D eigenvalue weighted by Gasteiger charge is -2.16. The van der Waals surface area contributed by atoms with Crippen LogP contribution >= 0.6 is 27.5 Å². The monoisotopic (exact) mass is 303 g/mol. The van der Waals surface area contributed by atoms with Crippen molar-refractivity contribution in [3.05, 3.63) is 39.8 Å². The number of hydrogen-bond acceptors (Lipinski definition) is 2. The largest absolute Gasteiger partial charge is 0.488 e. The van der Waals surface area contributed by atoms with Gasteiger partial charge in [0.05, 0.1) is 0 Å². The zero-order valence-corrected chi connectivity index (χ0v) is 11.7. The summed E-state index contributed by atoms with van der Waals surface area (Å²) in [5.41, 5.74) is 1.05. The average molecular weight is 305 g/mol. The first-order valence-electron chi connectivity index (χ1n) is 4.97. The van der Waals surface area contributed by atoms with E-state index in [1.165, 1.54) is 0 Å². The molecule has 88 valence electrons. The first kappa shape index (κ1) is 13.6. The Morgan fingerprint density at radius 1 is 1.62 bits per heavy atom. The number of ether oxygens (including phenoxy) is 1. The van der Waals surface area contributed by atoms with Crippen molar-refractivity contribution in [1.29, 1.82) is 0 Å². The molecule has 16 heavy (non-hydrogen) atoms. The molecule has 0 aliphatic rings. The van der Waals surface area contributed by atoms with Crippen molar-refractivity contribution in [2.75, 3.05) is 13.7 Å². The highest BCUT2D eigenvalue weighted by Gasteiger charge is 2.10. The summed E-state index contributed by atoms with van der Waals surface area (Å²) in [5.74, 6) is 0.826. The molecular weight excluding hydrogens is 289 g/mol. The van der Waals surface area contributed by atoms with Crippen LogP contribution in [0.1, 0.15) is 18.5 Å². The first-order valence-corrected chi connectivity index (χ1v) is 6.14. The Hall–Kier alpha value is -0.510. The maximum absolute atomic E-state index is 5.97. The van der Waals surface area contributed by atoms with Crippen molar-refractivity contribution >= 4 is 27.5 Å². The molecule has 1 unspecified atom stereocenters. The molecule has 0 radical (unpaired) electrons. The van der Waals surface area contributed by atoms with Crippen molar-refractivity contribution in [1.82, 2.24) is 5.32 Å². The Morgan fingerprint density at radius 3 is 2.88 bits per heavy atom. The lowest BCUT2D eigenvalue weighted by atomic mass is 10.1. The Kier molecular flexibility index (Phi) is 5.32. The maximum atomic E-state index is 5.97. The maximum Gasteiger partial charge on any atom is 0.124 e. The molecule has 1 aromatic rings. The Balaban J connectivity index is 2.93. The highest BCUT2D eigenvalue weighted by atomic mass is 79.9. The fourth-order valence-corrected chi connectivity index (χ4v) is 1.60.